The molecule has 1 aliphatic rings. The van der Waals surface area contributed by atoms with Crippen molar-refractivity contribution in [3.63, 3.8) is 0 Å². The highest BCUT2D eigenvalue weighted by Crippen LogP contribution is 2.29. The molecule has 0 saturated carbocycles. The maximum atomic E-state index is 13.3. The van der Waals surface area contributed by atoms with Crippen LogP contribution in [-0.4, -0.2) is 29.2 Å². The van der Waals surface area contributed by atoms with Gasteiger partial charge in [-0.3, -0.25) is 9.59 Å². The van der Waals surface area contributed by atoms with E-state index in [1.54, 1.807) is 25.2 Å². The first-order valence-electron chi connectivity index (χ1n) is 8.40. The van der Waals surface area contributed by atoms with Crippen LogP contribution in [0, 0.1) is 5.82 Å². The first-order valence-corrected chi connectivity index (χ1v) is 8.78. The van der Waals surface area contributed by atoms with Gasteiger partial charge in [0.1, 0.15) is 11.5 Å². The molecule has 1 saturated heterocycles. The fourth-order valence-corrected chi connectivity index (χ4v) is 3.47. The number of hydrogen-bond donors (Lipinski definition) is 1. The summed E-state index contributed by atoms with van der Waals surface area (Å²) in [5, 5.41) is 3.41. The van der Waals surface area contributed by atoms with E-state index in [9.17, 15) is 14.0 Å². The van der Waals surface area contributed by atoms with Crippen molar-refractivity contribution >= 4 is 17.5 Å². The van der Waals surface area contributed by atoms with Crippen molar-refractivity contribution in [3.8, 4) is 0 Å². The third-order valence-electron chi connectivity index (χ3n) is 4.79. The summed E-state index contributed by atoms with van der Waals surface area (Å²) in [6, 6.07) is 8.83. The molecular weight excluding hydrogens is 359 g/mol. The second kappa shape index (κ2) is 7.60. The monoisotopic (exact) mass is 378 g/mol. The van der Waals surface area contributed by atoms with E-state index in [-0.39, 0.29) is 17.2 Å². The molecule has 1 N–H and O–H groups in total. The van der Waals surface area contributed by atoms with E-state index >= 15 is 0 Å². The molecule has 1 amide bonds. The first kappa shape index (κ1) is 18.6. The Balaban J connectivity index is 1.89. The maximum Gasteiger partial charge on any atom is 0.268 e. The van der Waals surface area contributed by atoms with Gasteiger partial charge in [-0.05, 0) is 43.0 Å². The lowest BCUT2D eigenvalue weighted by molar-refractivity contribution is 0.0357. The molecule has 1 aromatic heterocycles. The summed E-state index contributed by atoms with van der Waals surface area (Å²) in [6.07, 6.45) is 1.67. The quantitative estimate of drug-likeness (QED) is 0.889. The average molecular weight is 379 g/mol. The van der Waals surface area contributed by atoms with Gasteiger partial charge in [0.05, 0.1) is 0 Å². The zero-order valence-corrected chi connectivity index (χ0v) is 15.2. The normalized spacial score (nSPS) is 16.3. The number of pyridine rings is 1. The number of ether oxygens (including phenoxy) is 1. The number of hydrogen-bond acceptors (Lipinski definition) is 3. The van der Waals surface area contributed by atoms with Crippen molar-refractivity contribution in [2.45, 2.75) is 24.8 Å². The molecule has 0 atom stereocenters. The highest BCUT2D eigenvalue weighted by Gasteiger charge is 2.35. The summed E-state index contributed by atoms with van der Waals surface area (Å²) >= 11 is 6.18. The van der Waals surface area contributed by atoms with Crippen LogP contribution in [0.3, 0.4) is 0 Å². The lowest BCUT2D eigenvalue weighted by Gasteiger charge is -2.38. The van der Waals surface area contributed by atoms with E-state index in [1.165, 1.54) is 22.8 Å². The molecule has 0 aliphatic carbocycles. The Bertz CT molecular complexity index is 875. The van der Waals surface area contributed by atoms with Gasteiger partial charge in [-0.2, -0.15) is 0 Å². The minimum atomic E-state index is -0.567. The van der Waals surface area contributed by atoms with Crippen molar-refractivity contribution in [2.24, 2.45) is 7.05 Å². The van der Waals surface area contributed by atoms with E-state index in [4.69, 9.17) is 16.3 Å². The van der Waals surface area contributed by atoms with E-state index < -0.39 is 11.4 Å². The average Bonchev–Trinajstić information content (AvgIpc) is 2.60. The Morgan fingerprint density at radius 1 is 1.31 bits per heavy atom. The molecular formula is C19H20ClFN2O3. The lowest BCUT2D eigenvalue weighted by Crippen LogP contribution is -2.54. The maximum absolute atomic E-state index is 13.3. The van der Waals surface area contributed by atoms with Crippen LogP contribution in [0.25, 0.3) is 0 Å². The van der Waals surface area contributed by atoms with Crippen molar-refractivity contribution in [1.29, 1.82) is 0 Å². The number of nitrogens with one attached hydrogen (secondary N) is 1. The first-order chi connectivity index (χ1) is 12.4. The molecule has 0 bridgehead atoms. The van der Waals surface area contributed by atoms with Gasteiger partial charge in [0.2, 0.25) is 0 Å². The van der Waals surface area contributed by atoms with Crippen molar-refractivity contribution in [1.82, 2.24) is 9.88 Å². The third kappa shape index (κ3) is 3.97. The fraction of sp³-hybridized carbons (Fsp3) is 0.368. The van der Waals surface area contributed by atoms with Crippen LogP contribution >= 0.6 is 11.6 Å². The van der Waals surface area contributed by atoms with Gasteiger partial charge in [0, 0.05) is 36.9 Å². The number of carbonyl (C=O) groups is 1. The SMILES string of the molecule is Cn1c(C(=O)NC2(Cc3ccc(F)cc3Cl)CCOCC2)cccc1=O. The number of amides is 1. The van der Waals surface area contributed by atoms with Gasteiger partial charge in [-0.1, -0.05) is 23.7 Å². The highest BCUT2D eigenvalue weighted by molar-refractivity contribution is 6.31. The number of carbonyl (C=O) groups excluding carboxylic acids is 1. The Hall–Kier alpha value is -2.18. The zero-order valence-electron chi connectivity index (χ0n) is 14.4. The molecule has 2 heterocycles. The molecule has 1 aromatic carbocycles. The smallest absolute Gasteiger partial charge is 0.268 e. The van der Waals surface area contributed by atoms with E-state index in [0.29, 0.717) is 37.5 Å². The summed E-state index contributed by atoms with van der Waals surface area (Å²) in [5.74, 6) is -0.728. The molecule has 2 aromatic rings. The molecule has 0 radical (unpaired) electrons. The summed E-state index contributed by atoms with van der Waals surface area (Å²) < 4.78 is 20.1. The molecule has 1 aliphatic heterocycles. The number of nitrogens with zero attached hydrogens (tertiary/aromatic N) is 1. The number of halogens is 2. The van der Waals surface area contributed by atoms with Gasteiger partial charge < -0.3 is 14.6 Å². The second-order valence-electron chi connectivity index (χ2n) is 6.57. The van der Waals surface area contributed by atoms with E-state index in [0.717, 1.165) is 5.56 Å². The van der Waals surface area contributed by atoms with Crippen LogP contribution in [0.15, 0.2) is 41.2 Å². The second-order valence-corrected chi connectivity index (χ2v) is 6.97. The molecule has 138 valence electrons. The third-order valence-corrected chi connectivity index (χ3v) is 5.14. The van der Waals surface area contributed by atoms with Gasteiger partial charge in [-0.25, -0.2) is 4.39 Å². The largest absolute Gasteiger partial charge is 0.381 e. The predicted octanol–water partition coefficient (Wildman–Crippen LogP) is 2.70. The van der Waals surface area contributed by atoms with Crippen LogP contribution in [0.4, 0.5) is 4.39 Å². The van der Waals surface area contributed by atoms with Crippen molar-refractivity contribution in [3.05, 3.63) is 68.8 Å². The highest BCUT2D eigenvalue weighted by atomic mass is 35.5. The Morgan fingerprint density at radius 2 is 2.04 bits per heavy atom. The zero-order chi connectivity index (χ0) is 18.7. The summed E-state index contributed by atoms with van der Waals surface area (Å²) in [7, 11) is 1.56. The molecule has 0 spiro atoms. The van der Waals surface area contributed by atoms with Crippen molar-refractivity contribution in [2.75, 3.05) is 13.2 Å². The van der Waals surface area contributed by atoms with Crippen LogP contribution < -0.4 is 10.9 Å². The molecule has 0 unspecified atom stereocenters. The lowest BCUT2D eigenvalue weighted by atomic mass is 9.83. The van der Waals surface area contributed by atoms with Crippen LogP contribution in [-0.2, 0) is 18.2 Å². The molecule has 26 heavy (non-hydrogen) atoms. The molecule has 7 heteroatoms. The minimum Gasteiger partial charge on any atom is -0.381 e. The van der Waals surface area contributed by atoms with E-state index in [1.807, 2.05) is 0 Å². The van der Waals surface area contributed by atoms with Gasteiger partial charge >= 0.3 is 0 Å². The van der Waals surface area contributed by atoms with Crippen LogP contribution in [0.5, 0.6) is 0 Å². The number of rotatable bonds is 4. The standard InChI is InChI=1S/C19H20ClFN2O3/c1-23-16(3-2-4-17(23)24)18(25)22-19(7-9-26-10-8-19)12-13-5-6-14(21)11-15(13)20/h2-6,11H,7-10,12H2,1H3,(H,22,25). The number of benzene rings is 1. The van der Waals surface area contributed by atoms with E-state index in [2.05, 4.69) is 5.32 Å². The Labute approximate surface area is 155 Å². The minimum absolute atomic E-state index is 0.250. The summed E-state index contributed by atoms with van der Waals surface area (Å²) in [5.41, 5.74) is 0.230. The topological polar surface area (TPSA) is 60.3 Å². The molecule has 1 fully saturated rings. The molecule has 5 nitrogen and oxygen atoms in total. The van der Waals surface area contributed by atoms with Crippen LogP contribution in [0.2, 0.25) is 5.02 Å². The summed E-state index contributed by atoms with van der Waals surface area (Å²) in [6.45, 7) is 1.01. The summed E-state index contributed by atoms with van der Waals surface area (Å²) in [4.78, 5) is 24.6. The fourth-order valence-electron chi connectivity index (χ4n) is 3.23. The van der Waals surface area contributed by atoms with Crippen molar-refractivity contribution < 1.29 is 13.9 Å². The van der Waals surface area contributed by atoms with Gasteiger partial charge in [-0.15, -0.1) is 0 Å². The van der Waals surface area contributed by atoms with Gasteiger partial charge in [0.15, 0.2) is 0 Å². The van der Waals surface area contributed by atoms with Gasteiger partial charge in [0.25, 0.3) is 11.5 Å². The predicted molar refractivity (Wildman–Crippen MR) is 97.0 cm³/mol. The van der Waals surface area contributed by atoms with Crippen LogP contribution in [0.1, 0.15) is 28.9 Å². The Morgan fingerprint density at radius 3 is 2.73 bits per heavy atom. The number of aromatic nitrogens is 1. The Kier molecular flexibility index (Phi) is 5.44. The molecule has 3 rings (SSSR count).